The summed E-state index contributed by atoms with van der Waals surface area (Å²) < 4.78 is 7.02. The zero-order valence-electron chi connectivity index (χ0n) is 16.4. The van der Waals surface area contributed by atoms with Crippen LogP contribution in [0.2, 0.25) is 0 Å². The van der Waals surface area contributed by atoms with Gasteiger partial charge in [0.2, 0.25) is 5.91 Å². The van der Waals surface area contributed by atoms with Crippen molar-refractivity contribution in [1.29, 1.82) is 0 Å². The topological polar surface area (TPSA) is 60.2 Å². The van der Waals surface area contributed by atoms with Crippen molar-refractivity contribution in [1.82, 2.24) is 19.7 Å². The van der Waals surface area contributed by atoms with E-state index >= 15 is 0 Å². The van der Waals surface area contributed by atoms with Crippen LogP contribution in [0.1, 0.15) is 11.1 Å². The van der Waals surface area contributed by atoms with Crippen LogP contribution in [0.5, 0.6) is 5.75 Å². The van der Waals surface area contributed by atoms with Crippen LogP contribution < -0.4 is 4.74 Å². The Morgan fingerprint density at radius 1 is 1.21 bits per heavy atom. The lowest BCUT2D eigenvalue weighted by atomic mass is 10.1. The van der Waals surface area contributed by atoms with E-state index < -0.39 is 0 Å². The first kappa shape index (κ1) is 20.5. The molecule has 6 nitrogen and oxygen atoms in total. The molecular weight excluding hydrogens is 384 g/mol. The van der Waals surface area contributed by atoms with E-state index in [0.29, 0.717) is 11.7 Å². The van der Waals surface area contributed by atoms with Crippen molar-refractivity contribution in [3.8, 4) is 23.8 Å². The van der Waals surface area contributed by atoms with E-state index in [0.717, 1.165) is 17.0 Å². The largest absolute Gasteiger partial charge is 0.497 e. The summed E-state index contributed by atoms with van der Waals surface area (Å²) in [5.41, 5.74) is 3.12. The first-order valence-corrected chi connectivity index (χ1v) is 10.0. The summed E-state index contributed by atoms with van der Waals surface area (Å²) in [6, 6.07) is 15.6. The molecule has 0 atom stereocenters. The molecule has 1 amide bonds. The maximum Gasteiger partial charge on any atom is 0.234 e. The third-order valence-electron chi connectivity index (χ3n) is 4.32. The van der Waals surface area contributed by atoms with Gasteiger partial charge in [-0.2, -0.15) is 0 Å². The van der Waals surface area contributed by atoms with Crippen molar-refractivity contribution in [3.05, 3.63) is 66.0 Å². The molecular formula is C22H22N4O2S. The van der Waals surface area contributed by atoms with Crippen LogP contribution >= 0.6 is 11.8 Å². The summed E-state index contributed by atoms with van der Waals surface area (Å²) >= 11 is 1.33. The van der Waals surface area contributed by atoms with Crippen LogP contribution in [0.3, 0.4) is 0 Å². The molecule has 0 aliphatic carbocycles. The smallest absolute Gasteiger partial charge is 0.234 e. The SMILES string of the molecule is C#CCN(Cc1ccc(C)cc1)C(=O)CSc1nncn1-c1ccc(OC)cc1. The van der Waals surface area contributed by atoms with Gasteiger partial charge in [-0.15, -0.1) is 16.6 Å². The zero-order chi connectivity index (χ0) is 20.6. The fourth-order valence-corrected chi connectivity index (χ4v) is 3.55. The van der Waals surface area contributed by atoms with Gasteiger partial charge in [0.1, 0.15) is 12.1 Å². The highest BCUT2D eigenvalue weighted by molar-refractivity contribution is 7.99. The average Bonchev–Trinajstić information content (AvgIpc) is 3.22. The lowest BCUT2D eigenvalue weighted by molar-refractivity contribution is -0.128. The number of carbonyl (C=O) groups is 1. The quantitative estimate of drug-likeness (QED) is 0.424. The van der Waals surface area contributed by atoms with Crippen LogP contribution in [-0.2, 0) is 11.3 Å². The predicted octanol–water partition coefficient (Wildman–Crippen LogP) is 3.34. The molecule has 2 aromatic carbocycles. The lowest BCUT2D eigenvalue weighted by Gasteiger charge is -2.20. The Morgan fingerprint density at radius 3 is 2.59 bits per heavy atom. The number of carbonyl (C=O) groups excluding carboxylic acids is 1. The average molecular weight is 407 g/mol. The number of hydrogen-bond donors (Lipinski definition) is 0. The van der Waals surface area contributed by atoms with Gasteiger partial charge in [0.15, 0.2) is 5.16 Å². The summed E-state index contributed by atoms with van der Waals surface area (Å²) in [7, 11) is 1.62. The van der Waals surface area contributed by atoms with E-state index in [4.69, 9.17) is 11.2 Å². The Morgan fingerprint density at radius 2 is 1.93 bits per heavy atom. The summed E-state index contributed by atoms with van der Waals surface area (Å²) in [5, 5.41) is 8.76. The van der Waals surface area contributed by atoms with Crippen LogP contribution in [0.4, 0.5) is 0 Å². The van der Waals surface area contributed by atoms with Gasteiger partial charge in [-0.3, -0.25) is 9.36 Å². The maximum absolute atomic E-state index is 12.8. The highest BCUT2D eigenvalue weighted by Gasteiger charge is 2.16. The number of terminal acetylenes is 1. The number of hydrogen-bond acceptors (Lipinski definition) is 5. The molecule has 0 unspecified atom stereocenters. The van der Waals surface area contributed by atoms with Crippen LogP contribution in [-0.4, -0.2) is 45.0 Å². The molecule has 1 heterocycles. The van der Waals surface area contributed by atoms with E-state index in [1.54, 1.807) is 18.3 Å². The van der Waals surface area contributed by atoms with Crippen LogP contribution in [0.15, 0.2) is 60.0 Å². The van der Waals surface area contributed by atoms with E-state index in [1.807, 2.05) is 60.0 Å². The molecule has 7 heteroatoms. The fraction of sp³-hybridized carbons (Fsp3) is 0.227. The van der Waals surface area contributed by atoms with Gasteiger partial charge in [0, 0.05) is 12.2 Å². The van der Waals surface area contributed by atoms with E-state index in [2.05, 4.69) is 16.1 Å². The molecule has 0 aliphatic heterocycles. The third-order valence-corrected chi connectivity index (χ3v) is 5.25. The monoisotopic (exact) mass is 406 g/mol. The summed E-state index contributed by atoms with van der Waals surface area (Å²) in [6.07, 6.45) is 7.10. The van der Waals surface area contributed by atoms with Crippen LogP contribution in [0.25, 0.3) is 5.69 Å². The minimum Gasteiger partial charge on any atom is -0.497 e. The van der Waals surface area contributed by atoms with Crippen molar-refractivity contribution in [3.63, 3.8) is 0 Å². The Kier molecular flexibility index (Phi) is 6.93. The van der Waals surface area contributed by atoms with Crippen molar-refractivity contribution < 1.29 is 9.53 Å². The Hall–Kier alpha value is -3.24. The third kappa shape index (κ3) is 5.39. The van der Waals surface area contributed by atoms with Crippen molar-refractivity contribution in [2.24, 2.45) is 0 Å². The molecule has 0 saturated carbocycles. The van der Waals surface area contributed by atoms with E-state index in [1.165, 1.54) is 17.3 Å². The first-order valence-electron chi connectivity index (χ1n) is 9.04. The molecule has 3 rings (SSSR count). The van der Waals surface area contributed by atoms with E-state index in [9.17, 15) is 4.79 Å². The minimum atomic E-state index is -0.0437. The van der Waals surface area contributed by atoms with Crippen molar-refractivity contribution in [2.45, 2.75) is 18.6 Å². The maximum atomic E-state index is 12.8. The molecule has 148 valence electrons. The van der Waals surface area contributed by atoms with E-state index in [-0.39, 0.29) is 18.2 Å². The number of ether oxygens (including phenoxy) is 1. The fourth-order valence-electron chi connectivity index (χ4n) is 2.72. The number of thioether (sulfide) groups is 1. The Bertz CT molecular complexity index is 991. The summed E-state index contributed by atoms with van der Waals surface area (Å²) in [5.74, 6) is 3.52. The minimum absolute atomic E-state index is 0.0437. The van der Waals surface area contributed by atoms with Gasteiger partial charge in [-0.05, 0) is 36.8 Å². The second-order valence-electron chi connectivity index (χ2n) is 6.41. The van der Waals surface area contributed by atoms with Crippen molar-refractivity contribution in [2.75, 3.05) is 19.4 Å². The summed E-state index contributed by atoms with van der Waals surface area (Å²) in [6.45, 7) is 2.78. The molecule has 0 radical (unpaired) electrons. The molecule has 3 aromatic rings. The predicted molar refractivity (Wildman–Crippen MR) is 114 cm³/mol. The lowest BCUT2D eigenvalue weighted by Crippen LogP contribution is -2.32. The number of nitrogens with zero attached hydrogens (tertiary/aromatic N) is 4. The molecule has 29 heavy (non-hydrogen) atoms. The van der Waals surface area contributed by atoms with Gasteiger partial charge in [0.25, 0.3) is 0 Å². The van der Waals surface area contributed by atoms with Gasteiger partial charge in [-0.25, -0.2) is 0 Å². The van der Waals surface area contributed by atoms with Gasteiger partial charge in [-0.1, -0.05) is 47.5 Å². The summed E-state index contributed by atoms with van der Waals surface area (Å²) in [4.78, 5) is 14.4. The van der Waals surface area contributed by atoms with Gasteiger partial charge < -0.3 is 9.64 Å². The number of methoxy groups -OCH3 is 1. The highest BCUT2D eigenvalue weighted by atomic mass is 32.2. The molecule has 0 aliphatic rings. The molecule has 0 N–H and O–H groups in total. The number of rotatable bonds is 8. The normalized spacial score (nSPS) is 10.4. The number of amides is 1. The standard InChI is InChI=1S/C22H22N4O2S/c1-4-13-25(14-18-7-5-17(2)6-8-18)21(27)15-29-22-24-23-16-26(22)19-9-11-20(28-3)12-10-19/h1,5-12,16H,13-15H2,2-3H3. The van der Waals surface area contributed by atoms with Gasteiger partial charge in [0.05, 0.1) is 19.4 Å². The number of aryl methyl sites for hydroxylation is 1. The Balaban J connectivity index is 1.66. The van der Waals surface area contributed by atoms with Crippen molar-refractivity contribution >= 4 is 17.7 Å². The molecule has 1 aromatic heterocycles. The zero-order valence-corrected chi connectivity index (χ0v) is 17.2. The van der Waals surface area contributed by atoms with Crippen LogP contribution in [0, 0.1) is 19.3 Å². The molecule has 0 fully saturated rings. The second kappa shape index (κ2) is 9.80. The highest BCUT2D eigenvalue weighted by Crippen LogP contribution is 2.22. The first-order chi connectivity index (χ1) is 14.1. The molecule has 0 saturated heterocycles. The second-order valence-corrected chi connectivity index (χ2v) is 7.35. The number of aromatic nitrogens is 3. The van der Waals surface area contributed by atoms with Gasteiger partial charge >= 0.3 is 0 Å². The molecule has 0 spiro atoms. The Labute approximate surface area is 174 Å². The number of benzene rings is 2. The molecule has 0 bridgehead atoms.